The molecule has 0 bridgehead atoms. The van der Waals surface area contributed by atoms with Gasteiger partial charge in [-0.1, -0.05) is 20.8 Å². The first kappa shape index (κ1) is 12.3. The first-order valence-electron chi connectivity index (χ1n) is 6.21. The Balaban J connectivity index is 1.99. The van der Waals surface area contributed by atoms with E-state index >= 15 is 0 Å². The van der Waals surface area contributed by atoms with Crippen molar-refractivity contribution in [2.75, 3.05) is 0 Å². The number of ether oxygens (including phenoxy) is 2. The van der Waals surface area contributed by atoms with E-state index in [4.69, 9.17) is 9.47 Å². The summed E-state index contributed by atoms with van der Waals surface area (Å²) in [7, 11) is 0. The van der Waals surface area contributed by atoms with Crippen molar-refractivity contribution in [2.45, 2.75) is 64.3 Å². The number of hydrogen-bond acceptors (Lipinski definition) is 4. The molecule has 94 valence electrons. The van der Waals surface area contributed by atoms with Gasteiger partial charge in [-0.2, -0.15) is 0 Å². The SMILES string of the molecule is CCC1OC2C(O)C(CC(C)C)OC(O)C12. The van der Waals surface area contributed by atoms with Gasteiger partial charge in [0.15, 0.2) is 6.29 Å². The minimum atomic E-state index is -0.782. The maximum atomic E-state index is 10.1. The van der Waals surface area contributed by atoms with Gasteiger partial charge in [0, 0.05) is 0 Å². The number of aliphatic hydroxyl groups excluding tert-OH is 2. The third kappa shape index (κ3) is 1.99. The van der Waals surface area contributed by atoms with E-state index < -0.39 is 12.4 Å². The molecule has 2 aliphatic heterocycles. The molecule has 2 fully saturated rings. The molecular formula is C12H22O4. The summed E-state index contributed by atoms with van der Waals surface area (Å²) >= 11 is 0. The van der Waals surface area contributed by atoms with Crippen LogP contribution in [0.15, 0.2) is 0 Å². The molecule has 2 rings (SSSR count). The summed E-state index contributed by atoms with van der Waals surface area (Å²) < 4.78 is 11.1. The molecule has 0 aromatic rings. The number of fused-ring (bicyclic) bond motifs is 1. The summed E-state index contributed by atoms with van der Waals surface area (Å²) in [6.45, 7) is 6.16. The van der Waals surface area contributed by atoms with E-state index in [2.05, 4.69) is 13.8 Å². The van der Waals surface area contributed by atoms with Gasteiger partial charge < -0.3 is 19.7 Å². The van der Waals surface area contributed by atoms with Crippen LogP contribution in [-0.2, 0) is 9.47 Å². The molecule has 0 radical (unpaired) electrons. The molecule has 0 amide bonds. The molecule has 4 nitrogen and oxygen atoms in total. The van der Waals surface area contributed by atoms with Crippen LogP contribution in [0.3, 0.4) is 0 Å². The van der Waals surface area contributed by atoms with Gasteiger partial charge in [-0.15, -0.1) is 0 Å². The molecule has 4 heteroatoms. The van der Waals surface area contributed by atoms with Gasteiger partial charge >= 0.3 is 0 Å². The van der Waals surface area contributed by atoms with Crippen LogP contribution < -0.4 is 0 Å². The molecule has 2 N–H and O–H groups in total. The molecule has 0 saturated carbocycles. The largest absolute Gasteiger partial charge is 0.388 e. The number of hydrogen-bond donors (Lipinski definition) is 2. The number of aliphatic hydroxyl groups is 2. The second-order valence-corrected chi connectivity index (χ2v) is 5.31. The highest BCUT2D eigenvalue weighted by Gasteiger charge is 2.55. The van der Waals surface area contributed by atoms with Gasteiger partial charge in [-0.05, 0) is 18.8 Å². The summed E-state index contributed by atoms with van der Waals surface area (Å²) in [6, 6.07) is 0. The Morgan fingerprint density at radius 1 is 1.12 bits per heavy atom. The van der Waals surface area contributed by atoms with Crippen LogP contribution in [0, 0.1) is 11.8 Å². The van der Waals surface area contributed by atoms with Crippen LogP contribution in [0.5, 0.6) is 0 Å². The molecule has 0 spiro atoms. The minimum absolute atomic E-state index is 0.0367. The molecular weight excluding hydrogens is 208 g/mol. The van der Waals surface area contributed by atoms with Crippen LogP contribution in [-0.4, -0.2) is 40.9 Å². The summed E-state index contributed by atoms with van der Waals surface area (Å²) in [4.78, 5) is 0. The van der Waals surface area contributed by atoms with Gasteiger partial charge in [0.2, 0.25) is 0 Å². The fourth-order valence-corrected chi connectivity index (χ4v) is 2.75. The molecule has 2 saturated heterocycles. The van der Waals surface area contributed by atoms with Gasteiger partial charge in [0.1, 0.15) is 6.10 Å². The standard InChI is InChI=1S/C12H22O4/c1-4-7-9-11(15-7)10(13)8(5-6(2)3)16-12(9)14/h6-14H,4-5H2,1-3H3. The Labute approximate surface area is 96.6 Å². The third-order valence-electron chi connectivity index (χ3n) is 3.61. The van der Waals surface area contributed by atoms with Crippen molar-refractivity contribution in [1.29, 1.82) is 0 Å². The molecule has 16 heavy (non-hydrogen) atoms. The van der Waals surface area contributed by atoms with Crippen LogP contribution >= 0.6 is 0 Å². The summed E-state index contributed by atoms with van der Waals surface area (Å²) in [5.74, 6) is 0.383. The van der Waals surface area contributed by atoms with Gasteiger partial charge in [-0.3, -0.25) is 0 Å². The average Bonchev–Trinajstić information content (AvgIpc) is 2.12. The Kier molecular flexibility index (Phi) is 3.54. The van der Waals surface area contributed by atoms with Gasteiger partial charge in [-0.25, -0.2) is 0 Å². The molecule has 0 aromatic carbocycles. The molecule has 6 unspecified atom stereocenters. The molecule has 6 atom stereocenters. The lowest BCUT2D eigenvalue weighted by Crippen LogP contribution is -2.66. The number of rotatable bonds is 3. The van der Waals surface area contributed by atoms with E-state index in [-0.39, 0.29) is 24.2 Å². The third-order valence-corrected chi connectivity index (χ3v) is 3.61. The Hall–Kier alpha value is -0.160. The van der Waals surface area contributed by atoms with Crippen LogP contribution in [0.2, 0.25) is 0 Å². The van der Waals surface area contributed by atoms with E-state index in [1.165, 1.54) is 0 Å². The maximum absolute atomic E-state index is 10.1. The van der Waals surface area contributed by atoms with Crippen LogP contribution in [0.25, 0.3) is 0 Å². The summed E-state index contributed by atoms with van der Waals surface area (Å²) in [5.41, 5.74) is 0. The van der Waals surface area contributed by atoms with Crippen LogP contribution in [0.4, 0.5) is 0 Å². The summed E-state index contributed by atoms with van der Waals surface area (Å²) in [5, 5.41) is 20.0. The van der Waals surface area contributed by atoms with Crippen molar-refractivity contribution in [2.24, 2.45) is 11.8 Å². The van der Waals surface area contributed by atoms with Crippen molar-refractivity contribution >= 4 is 0 Å². The average molecular weight is 230 g/mol. The topological polar surface area (TPSA) is 58.9 Å². The lowest BCUT2D eigenvalue weighted by Gasteiger charge is -2.54. The lowest BCUT2D eigenvalue weighted by molar-refractivity contribution is -0.356. The predicted molar refractivity (Wildman–Crippen MR) is 58.8 cm³/mol. The monoisotopic (exact) mass is 230 g/mol. The maximum Gasteiger partial charge on any atom is 0.162 e. The Bertz CT molecular complexity index is 243. The van der Waals surface area contributed by atoms with E-state index in [1.807, 2.05) is 6.92 Å². The van der Waals surface area contributed by atoms with Crippen molar-refractivity contribution < 1.29 is 19.7 Å². The highest BCUT2D eigenvalue weighted by Crippen LogP contribution is 2.42. The van der Waals surface area contributed by atoms with E-state index in [9.17, 15) is 10.2 Å². The fourth-order valence-electron chi connectivity index (χ4n) is 2.75. The first-order valence-corrected chi connectivity index (χ1v) is 6.21. The van der Waals surface area contributed by atoms with Gasteiger partial charge in [0.05, 0.1) is 24.2 Å². The zero-order chi connectivity index (χ0) is 11.9. The second kappa shape index (κ2) is 4.61. The van der Waals surface area contributed by atoms with Gasteiger partial charge in [0.25, 0.3) is 0 Å². The lowest BCUT2D eigenvalue weighted by atomic mass is 9.79. The van der Waals surface area contributed by atoms with Crippen molar-refractivity contribution in [3.05, 3.63) is 0 Å². The molecule has 0 aromatic heterocycles. The van der Waals surface area contributed by atoms with Crippen molar-refractivity contribution in [1.82, 2.24) is 0 Å². The second-order valence-electron chi connectivity index (χ2n) is 5.31. The first-order chi connectivity index (χ1) is 7.54. The highest BCUT2D eigenvalue weighted by atomic mass is 16.6. The zero-order valence-electron chi connectivity index (χ0n) is 10.2. The van der Waals surface area contributed by atoms with Crippen molar-refractivity contribution in [3.63, 3.8) is 0 Å². The minimum Gasteiger partial charge on any atom is -0.388 e. The fraction of sp³-hybridized carbons (Fsp3) is 1.00. The summed E-state index contributed by atoms with van der Waals surface area (Å²) in [6.07, 6.45) is -0.277. The molecule has 2 aliphatic rings. The van der Waals surface area contributed by atoms with E-state index in [1.54, 1.807) is 0 Å². The Morgan fingerprint density at radius 3 is 2.38 bits per heavy atom. The smallest absolute Gasteiger partial charge is 0.162 e. The Morgan fingerprint density at radius 2 is 1.81 bits per heavy atom. The quantitative estimate of drug-likeness (QED) is 0.756. The molecule has 2 heterocycles. The van der Waals surface area contributed by atoms with Crippen molar-refractivity contribution in [3.8, 4) is 0 Å². The highest BCUT2D eigenvalue weighted by molar-refractivity contribution is 4.99. The molecule has 0 aliphatic carbocycles. The predicted octanol–water partition coefficient (Wildman–Crippen LogP) is 0.904. The zero-order valence-corrected chi connectivity index (χ0v) is 10.2. The van der Waals surface area contributed by atoms with E-state index in [0.717, 1.165) is 12.8 Å². The van der Waals surface area contributed by atoms with Crippen LogP contribution in [0.1, 0.15) is 33.6 Å². The normalized spacial score (nSPS) is 47.6. The van der Waals surface area contributed by atoms with E-state index in [0.29, 0.717) is 5.92 Å².